The van der Waals surface area contributed by atoms with Gasteiger partial charge >= 0.3 is 0 Å². The van der Waals surface area contributed by atoms with Crippen molar-refractivity contribution in [3.63, 3.8) is 0 Å². The lowest BCUT2D eigenvalue weighted by atomic mass is 10.3. The third-order valence-corrected chi connectivity index (χ3v) is 2.94. The number of H-pyrrole nitrogens is 1. The van der Waals surface area contributed by atoms with Crippen molar-refractivity contribution in [1.29, 1.82) is 0 Å². The molecular formula is C12H20N4O2. The average Bonchev–Trinajstić information content (AvgIpc) is 2.91. The summed E-state index contributed by atoms with van der Waals surface area (Å²) in [6.45, 7) is 3.03. The Morgan fingerprint density at radius 3 is 3.22 bits per heavy atom. The molecule has 0 aromatic carbocycles. The molecule has 1 aromatic rings. The lowest BCUT2D eigenvalue weighted by Gasteiger charge is -2.25. The number of carbonyl (C=O) groups excluding carboxylic acids is 1. The Labute approximate surface area is 107 Å². The highest BCUT2D eigenvalue weighted by atomic mass is 16.7. The molecule has 18 heavy (non-hydrogen) atoms. The number of amides is 1. The van der Waals surface area contributed by atoms with E-state index in [2.05, 4.69) is 15.3 Å². The number of hydroxylamine groups is 2. The molecule has 0 spiro atoms. The number of imidazole rings is 1. The molecule has 2 heterocycles. The van der Waals surface area contributed by atoms with E-state index in [9.17, 15) is 4.79 Å². The summed E-state index contributed by atoms with van der Waals surface area (Å²) in [6, 6.07) is 0. The summed E-state index contributed by atoms with van der Waals surface area (Å²) in [6.07, 6.45) is 6.96. The van der Waals surface area contributed by atoms with Gasteiger partial charge in [0.15, 0.2) is 0 Å². The molecule has 1 amide bonds. The summed E-state index contributed by atoms with van der Waals surface area (Å²) < 4.78 is 0. The third kappa shape index (κ3) is 4.46. The van der Waals surface area contributed by atoms with Crippen molar-refractivity contribution >= 4 is 5.91 Å². The van der Waals surface area contributed by atoms with Crippen LogP contribution in [0.1, 0.15) is 25.0 Å². The van der Waals surface area contributed by atoms with Gasteiger partial charge in [0, 0.05) is 44.4 Å². The van der Waals surface area contributed by atoms with Gasteiger partial charge in [-0.2, -0.15) is 5.06 Å². The zero-order valence-corrected chi connectivity index (χ0v) is 10.5. The highest BCUT2D eigenvalue weighted by Crippen LogP contribution is 2.05. The number of nitrogens with zero attached hydrogens (tertiary/aromatic N) is 2. The monoisotopic (exact) mass is 252 g/mol. The fraction of sp³-hybridized carbons (Fsp3) is 0.667. The number of nitrogens with one attached hydrogen (secondary N) is 2. The Bertz CT molecular complexity index is 347. The first kappa shape index (κ1) is 13.0. The van der Waals surface area contributed by atoms with E-state index in [0.717, 1.165) is 38.1 Å². The van der Waals surface area contributed by atoms with E-state index in [1.54, 1.807) is 12.5 Å². The number of aromatic amines is 1. The van der Waals surface area contributed by atoms with Crippen LogP contribution in [0.5, 0.6) is 0 Å². The summed E-state index contributed by atoms with van der Waals surface area (Å²) in [5, 5.41) is 4.78. The minimum absolute atomic E-state index is 0.0729. The van der Waals surface area contributed by atoms with E-state index in [-0.39, 0.29) is 5.91 Å². The van der Waals surface area contributed by atoms with Crippen LogP contribution in [0.3, 0.4) is 0 Å². The Hall–Kier alpha value is -1.40. The van der Waals surface area contributed by atoms with Gasteiger partial charge in [0.1, 0.15) is 0 Å². The predicted octanol–water partition coefficient (Wildman–Crippen LogP) is 0.486. The normalized spacial score (nSPS) is 16.7. The van der Waals surface area contributed by atoms with Crippen LogP contribution >= 0.6 is 0 Å². The van der Waals surface area contributed by atoms with Gasteiger partial charge in [0.25, 0.3) is 0 Å². The second-order valence-corrected chi connectivity index (χ2v) is 4.40. The predicted molar refractivity (Wildman–Crippen MR) is 66.7 cm³/mol. The number of hydrogen-bond acceptors (Lipinski definition) is 4. The van der Waals surface area contributed by atoms with E-state index < -0.39 is 0 Å². The van der Waals surface area contributed by atoms with Crippen molar-refractivity contribution in [2.24, 2.45) is 0 Å². The fourth-order valence-corrected chi connectivity index (χ4v) is 1.90. The van der Waals surface area contributed by atoms with Crippen LogP contribution in [0.15, 0.2) is 12.5 Å². The summed E-state index contributed by atoms with van der Waals surface area (Å²) >= 11 is 0. The highest BCUT2D eigenvalue weighted by Gasteiger charge is 2.12. The Morgan fingerprint density at radius 2 is 2.50 bits per heavy atom. The molecule has 1 aliphatic rings. The number of carbonyl (C=O) groups is 1. The van der Waals surface area contributed by atoms with Crippen LogP contribution in [-0.2, 0) is 16.1 Å². The van der Waals surface area contributed by atoms with Crippen molar-refractivity contribution < 1.29 is 9.63 Å². The lowest BCUT2D eigenvalue weighted by Crippen LogP contribution is -2.34. The zero-order valence-electron chi connectivity index (χ0n) is 10.5. The minimum Gasteiger partial charge on any atom is -0.356 e. The molecule has 2 N–H and O–H groups in total. The van der Waals surface area contributed by atoms with Crippen molar-refractivity contribution in [3.05, 3.63) is 18.2 Å². The van der Waals surface area contributed by atoms with Crippen molar-refractivity contribution in [2.75, 3.05) is 26.2 Å². The lowest BCUT2D eigenvalue weighted by molar-refractivity contribution is -0.181. The van der Waals surface area contributed by atoms with Gasteiger partial charge in [-0.25, -0.2) is 4.98 Å². The molecule has 6 heteroatoms. The van der Waals surface area contributed by atoms with Crippen molar-refractivity contribution in [1.82, 2.24) is 20.3 Å². The molecule has 6 nitrogen and oxygen atoms in total. The summed E-state index contributed by atoms with van der Waals surface area (Å²) in [4.78, 5) is 24.0. The first-order valence-electron chi connectivity index (χ1n) is 6.46. The van der Waals surface area contributed by atoms with Crippen LogP contribution in [-0.4, -0.2) is 47.2 Å². The molecule has 1 fully saturated rings. The molecule has 1 aliphatic heterocycles. The van der Waals surface area contributed by atoms with Crippen molar-refractivity contribution in [2.45, 2.75) is 25.7 Å². The maximum atomic E-state index is 11.6. The molecular weight excluding hydrogens is 232 g/mol. The first-order valence-corrected chi connectivity index (χ1v) is 6.46. The largest absolute Gasteiger partial charge is 0.356 e. The standard InChI is InChI=1S/C12H20N4O2/c17-12(4-7-16-6-1-2-8-18-16)14-5-3-11-9-13-10-15-11/h9-10H,1-8H2,(H,13,15)(H,14,17). The topological polar surface area (TPSA) is 70.2 Å². The molecule has 1 saturated heterocycles. The smallest absolute Gasteiger partial charge is 0.221 e. The van der Waals surface area contributed by atoms with Crippen LogP contribution in [0, 0.1) is 0 Å². The molecule has 0 bridgehead atoms. The van der Waals surface area contributed by atoms with Gasteiger partial charge < -0.3 is 10.3 Å². The van der Waals surface area contributed by atoms with Gasteiger partial charge in [0.2, 0.25) is 5.91 Å². The maximum absolute atomic E-state index is 11.6. The molecule has 1 aromatic heterocycles. The van der Waals surface area contributed by atoms with E-state index in [1.165, 1.54) is 0 Å². The number of aromatic nitrogens is 2. The summed E-state index contributed by atoms with van der Waals surface area (Å²) in [5.74, 6) is 0.0729. The van der Waals surface area contributed by atoms with Crippen molar-refractivity contribution in [3.8, 4) is 0 Å². The van der Waals surface area contributed by atoms with Gasteiger partial charge in [-0.3, -0.25) is 9.63 Å². The fourth-order valence-electron chi connectivity index (χ4n) is 1.90. The zero-order chi connectivity index (χ0) is 12.6. The summed E-state index contributed by atoms with van der Waals surface area (Å²) in [5.41, 5.74) is 1.04. The van der Waals surface area contributed by atoms with E-state index in [0.29, 0.717) is 19.5 Å². The Morgan fingerprint density at radius 1 is 1.56 bits per heavy atom. The van der Waals surface area contributed by atoms with E-state index >= 15 is 0 Å². The van der Waals surface area contributed by atoms with Crippen LogP contribution < -0.4 is 5.32 Å². The molecule has 0 aliphatic carbocycles. The Balaban J connectivity index is 1.54. The third-order valence-electron chi connectivity index (χ3n) is 2.94. The quantitative estimate of drug-likeness (QED) is 0.773. The molecule has 100 valence electrons. The second kappa shape index (κ2) is 7.13. The Kier molecular flexibility index (Phi) is 5.16. The first-order chi connectivity index (χ1) is 8.84. The van der Waals surface area contributed by atoms with E-state index in [1.807, 2.05) is 5.06 Å². The number of rotatable bonds is 6. The molecule has 0 atom stereocenters. The molecule has 0 radical (unpaired) electrons. The maximum Gasteiger partial charge on any atom is 0.221 e. The second-order valence-electron chi connectivity index (χ2n) is 4.40. The number of hydrogen-bond donors (Lipinski definition) is 2. The highest BCUT2D eigenvalue weighted by molar-refractivity contribution is 5.76. The van der Waals surface area contributed by atoms with Gasteiger partial charge in [-0.1, -0.05) is 0 Å². The molecule has 2 rings (SSSR count). The van der Waals surface area contributed by atoms with Gasteiger partial charge in [0.05, 0.1) is 12.9 Å². The summed E-state index contributed by atoms with van der Waals surface area (Å²) in [7, 11) is 0. The van der Waals surface area contributed by atoms with Crippen LogP contribution in [0.4, 0.5) is 0 Å². The average molecular weight is 252 g/mol. The van der Waals surface area contributed by atoms with Crippen LogP contribution in [0.25, 0.3) is 0 Å². The SMILES string of the molecule is O=C(CCN1CCCCO1)NCCc1cnc[nH]1. The molecule has 0 unspecified atom stereocenters. The van der Waals surface area contributed by atoms with Gasteiger partial charge in [-0.15, -0.1) is 0 Å². The van der Waals surface area contributed by atoms with E-state index in [4.69, 9.17) is 4.84 Å². The van der Waals surface area contributed by atoms with Gasteiger partial charge in [-0.05, 0) is 12.8 Å². The molecule has 0 saturated carbocycles. The van der Waals surface area contributed by atoms with Crippen LogP contribution in [0.2, 0.25) is 0 Å². The minimum atomic E-state index is 0.0729.